The summed E-state index contributed by atoms with van der Waals surface area (Å²) in [4.78, 5) is 38.9. The third-order valence-electron chi connectivity index (χ3n) is 6.13. The van der Waals surface area contributed by atoms with Gasteiger partial charge in [0.25, 0.3) is 11.1 Å². The SMILES string of the molecule is COC(=O)c1ccc(CN2C(=O)S/C(=C/c3c(C)n(Cc4ccc(Cl)cc4Cl)c4ccccc34)C2=O)o1. The van der Waals surface area contributed by atoms with Crippen LogP contribution in [0.4, 0.5) is 4.79 Å². The van der Waals surface area contributed by atoms with E-state index in [-0.39, 0.29) is 12.3 Å². The first-order valence-corrected chi connectivity index (χ1v) is 12.8. The first kappa shape index (κ1) is 25.2. The molecule has 188 valence electrons. The smallest absolute Gasteiger partial charge is 0.373 e. The summed E-state index contributed by atoms with van der Waals surface area (Å²) in [6.07, 6.45) is 1.75. The number of halogens is 2. The Labute approximate surface area is 226 Å². The molecule has 0 spiro atoms. The predicted molar refractivity (Wildman–Crippen MR) is 144 cm³/mol. The fourth-order valence-corrected chi connectivity index (χ4v) is 5.55. The van der Waals surface area contributed by atoms with Gasteiger partial charge in [0.2, 0.25) is 5.76 Å². The van der Waals surface area contributed by atoms with Crippen molar-refractivity contribution in [3.05, 3.63) is 97.9 Å². The first-order valence-electron chi connectivity index (χ1n) is 11.2. The maximum Gasteiger partial charge on any atom is 0.373 e. The van der Waals surface area contributed by atoms with Crippen molar-refractivity contribution in [3.8, 4) is 0 Å². The summed E-state index contributed by atoms with van der Waals surface area (Å²) in [6, 6.07) is 16.3. The van der Waals surface area contributed by atoms with E-state index < -0.39 is 17.1 Å². The summed E-state index contributed by atoms with van der Waals surface area (Å²) in [7, 11) is 1.24. The molecule has 0 aliphatic carbocycles. The summed E-state index contributed by atoms with van der Waals surface area (Å²) in [6.45, 7) is 2.39. The Bertz CT molecular complexity index is 1600. The van der Waals surface area contributed by atoms with Gasteiger partial charge in [0.05, 0.1) is 18.6 Å². The number of carbonyl (C=O) groups excluding carboxylic acids is 3. The number of amides is 2. The minimum absolute atomic E-state index is 0.00392. The predicted octanol–water partition coefficient (Wildman–Crippen LogP) is 6.92. The number of thioether (sulfide) groups is 1. The second-order valence-electron chi connectivity index (χ2n) is 8.36. The minimum atomic E-state index is -0.632. The molecule has 37 heavy (non-hydrogen) atoms. The third-order valence-corrected chi connectivity index (χ3v) is 7.63. The molecule has 7 nitrogen and oxygen atoms in total. The van der Waals surface area contributed by atoms with E-state index in [1.54, 1.807) is 24.3 Å². The number of nitrogens with zero attached hydrogens (tertiary/aromatic N) is 2. The van der Waals surface area contributed by atoms with Crippen molar-refractivity contribution in [2.45, 2.75) is 20.0 Å². The van der Waals surface area contributed by atoms with Crippen molar-refractivity contribution in [2.75, 3.05) is 7.11 Å². The van der Waals surface area contributed by atoms with Crippen molar-refractivity contribution >= 4 is 69.1 Å². The zero-order valence-electron chi connectivity index (χ0n) is 19.8. The van der Waals surface area contributed by atoms with E-state index in [2.05, 4.69) is 9.30 Å². The van der Waals surface area contributed by atoms with Gasteiger partial charge >= 0.3 is 5.97 Å². The minimum Gasteiger partial charge on any atom is -0.463 e. The van der Waals surface area contributed by atoms with Crippen LogP contribution in [0.2, 0.25) is 10.0 Å². The van der Waals surface area contributed by atoms with Gasteiger partial charge in [-0.2, -0.15) is 0 Å². The molecular weight excluding hydrogens is 535 g/mol. The molecule has 2 amide bonds. The fourth-order valence-electron chi connectivity index (χ4n) is 4.26. The Morgan fingerprint density at radius 2 is 1.86 bits per heavy atom. The highest BCUT2D eigenvalue weighted by molar-refractivity contribution is 8.18. The molecular formula is C27H20Cl2N2O5S. The molecule has 4 aromatic rings. The normalized spacial score (nSPS) is 14.8. The second-order valence-corrected chi connectivity index (χ2v) is 10.2. The molecule has 1 saturated heterocycles. The van der Waals surface area contributed by atoms with Crippen LogP contribution in [0.1, 0.15) is 33.1 Å². The van der Waals surface area contributed by atoms with Gasteiger partial charge < -0.3 is 13.7 Å². The largest absolute Gasteiger partial charge is 0.463 e. The highest BCUT2D eigenvalue weighted by Crippen LogP contribution is 2.37. The van der Waals surface area contributed by atoms with Crippen molar-refractivity contribution in [2.24, 2.45) is 0 Å². The Hall–Kier alpha value is -3.46. The monoisotopic (exact) mass is 554 g/mol. The lowest BCUT2D eigenvalue weighted by Gasteiger charge is -2.11. The lowest BCUT2D eigenvalue weighted by molar-refractivity contribution is -0.123. The molecule has 3 heterocycles. The second kappa shape index (κ2) is 10.1. The number of rotatable bonds is 6. The molecule has 0 saturated carbocycles. The highest BCUT2D eigenvalue weighted by atomic mass is 35.5. The maximum atomic E-state index is 13.2. The Balaban J connectivity index is 1.47. The maximum absolute atomic E-state index is 13.2. The quantitative estimate of drug-likeness (QED) is 0.190. The number of para-hydroxylation sites is 1. The molecule has 2 aromatic carbocycles. The molecule has 0 radical (unpaired) electrons. The van der Waals surface area contributed by atoms with E-state index in [1.165, 1.54) is 13.2 Å². The van der Waals surface area contributed by atoms with E-state index in [0.717, 1.165) is 44.4 Å². The van der Waals surface area contributed by atoms with Crippen molar-refractivity contribution < 1.29 is 23.5 Å². The number of esters is 1. The number of imide groups is 1. The van der Waals surface area contributed by atoms with Gasteiger partial charge in [0.1, 0.15) is 5.76 Å². The third kappa shape index (κ3) is 4.80. The molecule has 0 unspecified atom stereocenters. The van der Waals surface area contributed by atoms with Crippen molar-refractivity contribution in [3.63, 3.8) is 0 Å². The molecule has 1 aliphatic heterocycles. The Kier molecular flexibility index (Phi) is 6.90. The average molecular weight is 555 g/mol. The van der Waals surface area contributed by atoms with E-state index in [9.17, 15) is 14.4 Å². The molecule has 1 aliphatic rings. The summed E-state index contributed by atoms with van der Waals surface area (Å²) < 4.78 is 12.2. The standard InChI is InChI=1S/C27H20Cl2N2O5S/c1-15-20(19-5-3-4-6-22(19)30(15)13-16-7-8-17(28)11-21(16)29)12-24-25(32)31(27(34)37-24)14-18-9-10-23(36-18)26(33)35-2/h3-12H,13-14H2,1-2H3/b24-12+. The number of furan rings is 1. The molecule has 0 bridgehead atoms. The number of hydrogen-bond acceptors (Lipinski definition) is 6. The zero-order chi connectivity index (χ0) is 26.3. The van der Waals surface area contributed by atoms with E-state index >= 15 is 0 Å². The lowest BCUT2D eigenvalue weighted by Crippen LogP contribution is -2.27. The number of hydrogen-bond donors (Lipinski definition) is 0. The molecule has 0 atom stereocenters. The molecule has 1 fully saturated rings. The number of benzene rings is 2. The highest BCUT2D eigenvalue weighted by Gasteiger charge is 2.36. The molecule has 5 rings (SSSR count). The van der Waals surface area contributed by atoms with Gasteiger partial charge in [-0.15, -0.1) is 0 Å². The van der Waals surface area contributed by atoms with Crippen molar-refractivity contribution in [1.82, 2.24) is 9.47 Å². The van der Waals surface area contributed by atoms with Crippen LogP contribution in [-0.2, 0) is 22.6 Å². The molecule has 10 heteroatoms. The van der Waals surface area contributed by atoms with Gasteiger partial charge in [-0.05, 0) is 60.7 Å². The Morgan fingerprint density at radius 3 is 2.62 bits per heavy atom. The van der Waals surface area contributed by atoms with Gasteiger partial charge in [-0.1, -0.05) is 47.5 Å². The first-order chi connectivity index (χ1) is 17.8. The van der Waals surface area contributed by atoms with E-state index in [0.29, 0.717) is 27.3 Å². The van der Waals surface area contributed by atoms with Crippen LogP contribution in [0, 0.1) is 6.92 Å². The molecule has 0 N–H and O–H groups in total. The van der Waals surface area contributed by atoms with Crippen LogP contribution in [0.3, 0.4) is 0 Å². The van der Waals surface area contributed by atoms with Crippen LogP contribution in [-0.4, -0.2) is 33.7 Å². The zero-order valence-corrected chi connectivity index (χ0v) is 22.1. The number of ether oxygens (including phenoxy) is 1. The summed E-state index contributed by atoms with van der Waals surface area (Å²) in [5.74, 6) is -0.754. The van der Waals surface area contributed by atoms with Gasteiger partial charge in [-0.25, -0.2) is 4.79 Å². The van der Waals surface area contributed by atoms with E-state index in [4.69, 9.17) is 27.6 Å². The molecule has 2 aromatic heterocycles. The fraction of sp³-hybridized carbons (Fsp3) is 0.148. The number of methoxy groups -OCH3 is 1. The van der Waals surface area contributed by atoms with Gasteiger partial charge in [0, 0.05) is 38.8 Å². The summed E-state index contributed by atoms with van der Waals surface area (Å²) in [5, 5.41) is 1.67. The van der Waals surface area contributed by atoms with Crippen LogP contribution in [0.25, 0.3) is 17.0 Å². The van der Waals surface area contributed by atoms with Gasteiger partial charge in [0.15, 0.2) is 0 Å². The summed E-state index contributed by atoms with van der Waals surface area (Å²) in [5.41, 5.74) is 3.65. The average Bonchev–Trinajstić information content (AvgIpc) is 3.53. The number of aromatic nitrogens is 1. The lowest BCUT2D eigenvalue weighted by atomic mass is 10.1. The van der Waals surface area contributed by atoms with Crippen LogP contribution in [0.15, 0.2) is 63.9 Å². The topological polar surface area (TPSA) is 81.8 Å². The number of carbonyl (C=O) groups is 3. The number of fused-ring (bicyclic) bond motifs is 1. The Morgan fingerprint density at radius 1 is 1.08 bits per heavy atom. The summed E-state index contributed by atoms with van der Waals surface area (Å²) >= 11 is 13.4. The van der Waals surface area contributed by atoms with Crippen LogP contribution < -0.4 is 0 Å². The van der Waals surface area contributed by atoms with E-state index in [1.807, 2.05) is 37.3 Å². The van der Waals surface area contributed by atoms with Gasteiger partial charge in [-0.3, -0.25) is 14.5 Å². The van der Waals surface area contributed by atoms with Crippen molar-refractivity contribution in [1.29, 1.82) is 0 Å². The van der Waals surface area contributed by atoms with Crippen LogP contribution in [0.5, 0.6) is 0 Å². The van der Waals surface area contributed by atoms with Crippen LogP contribution >= 0.6 is 35.0 Å².